The lowest BCUT2D eigenvalue weighted by molar-refractivity contribution is 0.376. The monoisotopic (exact) mass is 378 g/mol. The molecule has 2 N–H and O–H groups in total. The lowest BCUT2D eigenvalue weighted by atomic mass is 9.95. The molecular formula is C22H23FN4O. The Morgan fingerprint density at radius 3 is 2.71 bits per heavy atom. The molecule has 1 aromatic heterocycles. The van der Waals surface area contributed by atoms with Gasteiger partial charge in [-0.15, -0.1) is 0 Å². The van der Waals surface area contributed by atoms with E-state index in [0.717, 1.165) is 37.1 Å². The highest BCUT2D eigenvalue weighted by Gasteiger charge is 2.21. The predicted octanol–water partition coefficient (Wildman–Crippen LogP) is 4.55. The van der Waals surface area contributed by atoms with Crippen molar-refractivity contribution in [2.75, 3.05) is 18.0 Å². The highest BCUT2D eigenvalue weighted by Crippen LogP contribution is 2.31. The molecule has 144 valence electrons. The Hall–Kier alpha value is -3.15. The van der Waals surface area contributed by atoms with Crippen LogP contribution in [0.25, 0.3) is 11.1 Å². The molecule has 6 heteroatoms. The molecular weight excluding hydrogens is 355 g/mol. The second kappa shape index (κ2) is 7.84. The summed E-state index contributed by atoms with van der Waals surface area (Å²) in [5, 5.41) is 4.16. The van der Waals surface area contributed by atoms with Gasteiger partial charge in [0.1, 0.15) is 11.6 Å². The van der Waals surface area contributed by atoms with Crippen LogP contribution in [0, 0.1) is 5.82 Å². The molecule has 28 heavy (non-hydrogen) atoms. The molecule has 1 aliphatic heterocycles. The Morgan fingerprint density at radius 1 is 1.11 bits per heavy atom. The van der Waals surface area contributed by atoms with Gasteiger partial charge in [-0.25, -0.2) is 4.39 Å². The van der Waals surface area contributed by atoms with Crippen molar-refractivity contribution in [3.8, 4) is 11.1 Å². The van der Waals surface area contributed by atoms with Gasteiger partial charge in [0, 0.05) is 30.6 Å². The van der Waals surface area contributed by atoms with E-state index in [2.05, 4.69) is 10.1 Å². The van der Waals surface area contributed by atoms with E-state index < -0.39 is 0 Å². The van der Waals surface area contributed by atoms with E-state index in [1.165, 1.54) is 0 Å². The van der Waals surface area contributed by atoms with Gasteiger partial charge in [-0.1, -0.05) is 54.5 Å². The summed E-state index contributed by atoms with van der Waals surface area (Å²) in [4.78, 5) is 6.20. The van der Waals surface area contributed by atoms with Crippen molar-refractivity contribution in [3.05, 3.63) is 71.7 Å². The minimum Gasteiger partial charge on any atom is -0.369 e. The van der Waals surface area contributed by atoms with Crippen LogP contribution in [0.3, 0.4) is 0 Å². The molecule has 0 amide bonds. The fourth-order valence-corrected chi connectivity index (χ4v) is 3.43. The minimum absolute atomic E-state index is 0.134. The molecule has 0 bridgehead atoms. The highest BCUT2D eigenvalue weighted by molar-refractivity contribution is 5.94. The van der Waals surface area contributed by atoms with E-state index >= 15 is 0 Å². The second-order valence-corrected chi connectivity index (χ2v) is 7.01. The normalized spacial score (nSPS) is 15.8. The number of anilines is 1. The molecule has 0 radical (unpaired) electrons. The van der Waals surface area contributed by atoms with E-state index in [1.54, 1.807) is 6.07 Å². The topological polar surface area (TPSA) is 67.7 Å². The number of hydrogen-bond donors (Lipinski definition) is 1. The van der Waals surface area contributed by atoms with Crippen molar-refractivity contribution < 1.29 is 8.91 Å². The Kier molecular flexibility index (Phi) is 5.10. The van der Waals surface area contributed by atoms with Gasteiger partial charge in [0.25, 0.3) is 0 Å². The summed E-state index contributed by atoms with van der Waals surface area (Å²) >= 11 is 0. The van der Waals surface area contributed by atoms with Crippen LogP contribution in [0.2, 0.25) is 0 Å². The van der Waals surface area contributed by atoms with Crippen LogP contribution in [0.4, 0.5) is 10.2 Å². The van der Waals surface area contributed by atoms with E-state index in [9.17, 15) is 4.39 Å². The zero-order valence-electron chi connectivity index (χ0n) is 15.8. The molecule has 0 spiro atoms. The largest absolute Gasteiger partial charge is 0.369 e. The molecule has 0 fully saturated rings. The lowest BCUT2D eigenvalue weighted by Gasteiger charge is -2.17. The first-order valence-corrected chi connectivity index (χ1v) is 9.52. The third-order valence-electron chi connectivity index (χ3n) is 5.14. The summed E-state index contributed by atoms with van der Waals surface area (Å²) in [5.41, 5.74) is 8.32. The van der Waals surface area contributed by atoms with Gasteiger partial charge in [0.2, 0.25) is 0 Å². The van der Waals surface area contributed by atoms with Gasteiger partial charge in [0.05, 0.1) is 0 Å². The Labute approximate surface area is 163 Å². The van der Waals surface area contributed by atoms with Crippen LogP contribution < -0.4 is 10.6 Å². The molecule has 5 nitrogen and oxygen atoms in total. The summed E-state index contributed by atoms with van der Waals surface area (Å²) in [6.07, 6.45) is 2.00. The Bertz CT molecular complexity index is 983. The number of benzene rings is 2. The van der Waals surface area contributed by atoms with E-state index in [0.29, 0.717) is 23.1 Å². The van der Waals surface area contributed by atoms with Crippen LogP contribution in [0.1, 0.15) is 37.0 Å². The van der Waals surface area contributed by atoms with Gasteiger partial charge in [0.15, 0.2) is 11.8 Å². The van der Waals surface area contributed by atoms with Crippen molar-refractivity contribution in [2.24, 2.45) is 10.7 Å². The molecule has 2 heterocycles. The maximum absolute atomic E-state index is 14.7. The van der Waals surface area contributed by atoms with Gasteiger partial charge in [-0.3, -0.25) is 9.89 Å². The molecule has 1 unspecified atom stereocenters. The number of nitrogens with zero attached hydrogens (tertiary/aromatic N) is 3. The quantitative estimate of drug-likeness (QED) is 0.723. The fraction of sp³-hybridized carbons (Fsp3) is 0.273. The molecule has 1 atom stereocenters. The average molecular weight is 378 g/mol. The van der Waals surface area contributed by atoms with E-state index in [1.807, 2.05) is 60.4 Å². The SMILES string of the molecule is CC(c1ccc(-c2ccccc2)c(F)c1)c1cc(N2CCCCN=C2N)no1. The fourth-order valence-electron chi connectivity index (χ4n) is 3.43. The van der Waals surface area contributed by atoms with Crippen molar-refractivity contribution >= 4 is 11.8 Å². The molecule has 0 aliphatic carbocycles. The van der Waals surface area contributed by atoms with Crippen LogP contribution in [0.15, 0.2) is 64.1 Å². The third-order valence-corrected chi connectivity index (χ3v) is 5.14. The molecule has 2 aromatic carbocycles. The lowest BCUT2D eigenvalue weighted by Crippen LogP contribution is -2.37. The first-order valence-electron chi connectivity index (χ1n) is 9.52. The van der Waals surface area contributed by atoms with Crippen LogP contribution in [-0.2, 0) is 0 Å². The van der Waals surface area contributed by atoms with Crippen LogP contribution in [-0.4, -0.2) is 24.2 Å². The summed E-state index contributed by atoms with van der Waals surface area (Å²) in [7, 11) is 0. The smallest absolute Gasteiger partial charge is 0.197 e. The highest BCUT2D eigenvalue weighted by atomic mass is 19.1. The summed E-state index contributed by atoms with van der Waals surface area (Å²) in [6.45, 7) is 3.47. The number of aliphatic imine (C=N–C) groups is 1. The van der Waals surface area contributed by atoms with Crippen LogP contribution >= 0.6 is 0 Å². The standard InChI is InChI=1S/C22H23FN4O/c1-15(17-9-10-18(19(23)13-17)16-7-3-2-4-8-16)20-14-21(26-28-20)27-12-6-5-11-25-22(27)24/h2-4,7-10,13-15H,5-6,11-12H2,1H3,(H2,24,25). The molecule has 4 rings (SSSR count). The Morgan fingerprint density at radius 2 is 1.93 bits per heavy atom. The number of rotatable bonds is 4. The zero-order chi connectivity index (χ0) is 19.5. The number of guanidine groups is 1. The Balaban J connectivity index is 1.57. The van der Waals surface area contributed by atoms with E-state index in [4.69, 9.17) is 10.3 Å². The second-order valence-electron chi connectivity index (χ2n) is 7.01. The summed E-state index contributed by atoms with van der Waals surface area (Å²) in [5.74, 6) is 1.39. The van der Waals surface area contributed by atoms with E-state index in [-0.39, 0.29) is 11.7 Å². The first kappa shape index (κ1) is 18.2. The van der Waals surface area contributed by atoms with Crippen molar-refractivity contribution in [2.45, 2.75) is 25.7 Å². The number of aromatic nitrogens is 1. The molecule has 3 aromatic rings. The van der Waals surface area contributed by atoms with Crippen molar-refractivity contribution in [1.29, 1.82) is 0 Å². The molecule has 0 saturated carbocycles. The number of nitrogens with two attached hydrogens (primary N) is 1. The van der Waals surface area contributed by atoms with Crippen molar-refractivity contribution in [3.63, 3.8) is 0 Å². The van der Waals surface area contributed by atoms with Gasteiger partial charge in [-0.2, -0.15) is 0 Å². The predicted molar refractivity (Wildman–Crippen MR) is 109 cm³/mol. The average Bonchev–Trinajstić information content (AvgIpc) is 3.10. The van der Waals surface area contributed by atoms with Gasteiger partial charge < -0.3 is 10.3 Å². The maximum atomic E-state index is 14.7. The number of halogens is 1. The minimum atomic E-state index is -0.251. The van der Waals surface area contributed by atoms with Crippen LogP contribution in [0.5, 0.6) is 0 Å². The summed E-state index contributed by atoms with van der Waals surface area (Å²) < 4.78 is 20.3. The molecule has 0 saturated heterocycles. The van der Waals surface area contributed by atoms with Gasteiger partial charge >= 0.3 is 0 Å². The molecule has 1 aliphatic rings. The van der Waals surface area contributed by atoms with Gasteiger partial charge in [-0.05, 0) is 30.0 Å². The van der Waals surface area contributed by atoms with Crippen molar-refractivity contribution in [1.82, 2.24) is 5.16 Å². The number of hydrogen-bond acceptors (Lipinski definition) is 5. The zero-order valence-corrected chi connectivity index (χ0v) is 15.8. The summed E-state index contributed by atoms with van der Waals surface area (Å²) in [6, 6.07) is 16.7. The third kappa shape index (κ3) is 3.63. The first-order chi connectivity index (χ1) is 13.6. The maximum Gasteiger partial charge on any atom is 0.197 e.